The molecule has 2 aromatic heterocycles. The molecule has 0 unspecified atom stereocenters. The van der Waals surface area contributed by atoms with Gasteiger partial charge in [0.2, 0.25) is 5.88 Å². The van der Waals surface area contributed by atoms with Crippen molar-refractivity contribution in [3.63, 3.8) is 0 Å². The Hall–Kier alpha value is -2.37. The highest BCUT2D eigenvalue weighted by Gasteiger charge is 2.16. The van der Waals surface area contributed by atoms with Gasteiger partial charge in [0.15, 0.2) is 5.82 Å². The average molecular weight is 287 g/mol. The minimum atomic E-state index is 0.0188. The summed E-state index contributed by atoms with van der Waals surface area (Å²) < 4.78 is 5.62. The number of rotatable bonds is 6. The van der Waals surface area contributed by atoms with Crippen LogP contribution in [0.5, 0.6) is 5.88 Å². The third-order valence-electron chi connectivity index (χ3n) is 2.98. The summed E-state index contributed by atoms with van der Waals surface area (Å²) in [4.78, 5) is 14.5. The van der Waals surface area contributed by atoms with Crippen LogP contribution in [0.15, 0.2) is 30.9 Å². The minimum absolute atomic E-state index is 0.0188. The quantitative estimate of drug-likeness (QED) is 0.878. The predicted molar refractivity (Wildman–Crippen MR) is 83.2 cm³/mol. The lowest BCUT2D eigenvalue weighted by atomic mass is 10.2. The Morgan fingerprint density at radius 1 is 1.24 bits per heavy atom. The molecule has 0 saturated heterocycles. The van der Waals surface area contributed by atoms with Gasteiger partial charge in [-0.2, -0.15) is 4.98 Å². The summed E-state index contributed by atoms with van der Waals surface area (Å²) in [6.45, 7) is 7.43. The lowest BCUT2D eigenvalue weighted by Gasteiger charge is -2.24. The summed E-state index contributed by atoms with van der Waals surface area (Å²) in [6, 6.07) is 3.96. The molecule has 112 valence electrons. The number of ether oxygens (including phenoxy) is 1. The maximum Gasteiger partial charge on any atom is 0.242 e. The number of pyridine rings is 1. The molecule has 6 nitrogen and oxygen atoms in total. The molecule has 21 heavy (non-hydrogen) atoms. The summed E-state index contributed by atoms with van der Waals surface area (Å²) >= 11 is 0. The number of hydrogen-bond acceptors (Lipinski definition) is 6. The molecule has 2 N–H and O–H groups in total. The standard InChI is InChI=1S/C15H21N5O/c1-4-20(9-12-5-7-17-8-6-12)14-13(16)15(19-10-18-14)21-11(2)3/h5-8,10-11H,4,9,16H2,1-3H3. The molecule has 0 radical (unpaired) electrons. The molecular formula is C15H21N5O. The zero-order valence-corrected chi connectivity index (χ0v) is 12.7. The fourth-order valence-electron chi connectivity index (χ4n) is 1.98. The first kappa shape index (κ1) is 15.0. The highest BCUT2D eigenvalue weighted by Crippen LogP contribution is 2.29. The third-order valence-corrected chi connectivity index (χ3v) is 2.98. The van der Waals surface area contributed by atoms with Gasteiger partial charge in [0.25, 0.3) is 0 Å². The second-order valence-corrected chi connectivity index (χ2v) is 4.95. The van der Waals surface area contributed by atoms with E-state index in [9.17, 15) is 0 Å². The van der Waals surface area contributed by atoms with Crippen LogP contribution in [0.2, 0.25) is 0 Å². The van der Waals surface area contributed by atoms with E-state index in [1.807, 2.05) is 26.0 Å². The first-order chi connectivity index (χ1) is 10.1. The molecule has 2 heterocycles. The van der Waals surface area contributed by atoms with E-state index in [1.165, 1.54) is 6.33 Å². The van der Waals surface area contributed by atoms with Crippen LogP contribution in [0, 0.1) is 0 Å². The van der Waals surface area contributed by atoms with E-state index in [0.29, 0.717) is 23.9 Å². The molecule has 0 aliphatic carbocycles. The molecule has 0 aliphatic heterocycles. The van der Waals surface area contributed by atoms with Gasteiger partial charge in [0.05, 0.1) is 6.10 Å². The Balaban J connectivity index is 2.25. The Bertz CT molecular complexity index is 574. The number of nitrogens with two attached hydrogens (primary N) is 1. The SMILES string of the molecule is CCN(Cc1ccncc1)c1ncnc(OC(C)C)c1N. The van der Waals surface area contributed by atoms with Crippen molar-refractivity contribution < 1.29 is 4.74 Å². The number of anilines is 2. The Morgan fingerprint density at radius 3 is 2.57 bits per heavy atom. The molecule has 6 heteroatoms. The van der Waals surface area contributed by atoms with Gasteiger partial charge < -0.3 is 15.4 Å². The molecule has 0 atom stereocenters. The van der Waals surface area contributed by atoms with Crippen molar-refractivity contribution in [2.45, 2.75) is 33.4 Å². The van der Waals surface area contributed by atoms with Gasteiger partial charge in [-0.3, -0.25) is 4.98 Å². The number of nitrogen functional groups attached to an aromatic ring is 1. The molecule has 2 rings (SSSR count). The van der Waals surface area contributed by atoms with Gasteiger partial charge >= 0.3 is 0 Å². The van der Waals surface area contributed by atoms with E-state index < -0.39 is 0 Å². The third kappa shape index (κ3) is 3.81. The van der Waals surface area contributed by atoms with Gasteiger partial charge in [0.1, 0.15) is 12.0 Å². The number of aromatic nitrogens is 3. The summed E-state index contributed by atoms with van der Waals surface area (Å²) in [7, 11) is 0. The van der Waals surface area contributed by atoms with E-state index in [-0.39, 0.29) is 6.10 Å². The molecule has 0 spiro atoms. The smallest absolute Gasteiger partial charge is 0.242 e. The van der Waals surface area contributed by atoms with Crippen LogP contribution in [-0.4, -0.2) is 27.6 Å². The molecule has 0 fully saturated rings. The average Bonchev–Trinajstić information content (AvgIpc) is 2.48. The Kier molecular flexibility index (Phi) is 4.92. The van der Waals surface area contributed by atoms with E-state index >= 15 is 0 Å². The van der Waals surface area contributed by atoms with Crippen LogP contribution in [0.3, 0.4) is 0 Å². The van der Waals surface area contributed by atoms with E-state index in [4.69, 9.17) is 10.5 Å². The van der Waals surface area contributed by atoms with Crippen molar-refractivity contribution in [1.29, 1.82) is 0 Å². The second kappa shape index (κ2) is 6.88. The van der Waals surface area contributed by atoms with Crippen molar-refractivity contribution in [3.8, 4) is 5.88 Å². The topological polar surface area (TPSA) is 77.2 Å². The van der Waals surface area contributed by atoms with Gasteiger partial charge in [0, 0.05) is 25.5 Å². The molecule has 0 bridgehead atoms. The van der Waals surface area contributed by atoms with E-state index in [0.717, 1.165) is 12.1 Å². The van der Waals surface area contributed by atoms with Crippen LogP contribution in [-0.2, 0) is 6.54 Å². The summed E-state index contributed by atoms with van der Waals surface area (Å²) in [5.41, 5.74) is 7.78. The monoisotopic (exact) mass is 287 g/mol. The van der Waals surface area contributed by atoms with E-state index in [1.54, 1.807) is 12.4 Å². The van der Waals surface area contributed by atoms with Gasteiger partial charge in [-0.05, 0) is 38.5 Å². The molecule has 0 aromatic carbocycles. The van der Waals surface area contributed by atoms with Crippen LogP contribution in [0.4, 0.5) is 11.5 Å². The van der Waals surface area contributed by atoms with E-state index in [2.05, 4.69) is 26.8 Å². The summed E-state index contributed by atoms with van der Waals surface area (Å²) in [5, 5.41) is 0. The van der Waals surface area contributed by atoms with Gasteiger partial charge in [-0.1, -0.05) is 0 Å². The van der Waals surface area contributed by atoms with Gasteiger partial charge in [-0.25, -0.2) is 4.98 Å². The fourth-order valence-corrected chi connectivity index (χ4v) is 1.98. The molecular weight excluding hydrogens is 266 g/mol. The largest absolute Gasteiger partial charge is 0.473 e. The van der Waals surface area contributed by atoms with Crippen molar-refractivity contribution in [2.24, 2.45) is 0 Å². The van der Waals surface area contributed by atoms with Crippen LogP contribution >= 0.6 is 0 Å². The van der Waals surface area contributed by atoms with Crippen molar-refractivity contribution in [1.82, 2.24) is 15.0 Å². The van der Waals surface area contributed by atoms with Crippen molar-refractivity contribution in [3.05, 3.63) is 36.4 Å². The molecule has 0 saturated carbocycles. The Morgan fingerprint density at radius 2 is 1.95 bits per heavy atom. The van der Waals surface area contributed by atoms with Crippen LogP contribution in [0.1, 0.15) is 26.3 Å². The molecule has 0 aliphatic rings. The maximum absolute atomic E-state index is 6.16. The minimum Gasteiger partial charge on any atom is -0.473 e. The second-order valence-electron chi connectivity index (χ2n) is 4.95. The summed E-state index contributed by atoms with van der Waals surface area (Å²) in [6.07, 6.45) is 5.06. The molecule has 2 aromatic rings. The first-order valence-corrected chi connectivity index (χ1v) is 7.02. The maximum atomic E-state index is 6.16. The predicted octanol–water partition coefficient (Wildman–Crippen LogP) is 2.27. The van der Waals surface area contributed by atoms with Crippen LogP contribution < -0.4 is 15.4 Å². The normalized spacial score (nSPS) is 10.7. The van der Waals surface area contributed by atoms with Gasteiger partial charge in [-0.15, -0.1) is 0 Å². The highest BCUT2D eigenvalue weighted by atomic mass is 16.5. The first-order valence-electron chi connectivity index (χ1n) is 7.02. The van der Waals surface area contributed by atoms with Crippen LogP contribution in [0.25, 0.3) is 0 Å². The summed E-state index contributed by atoms with van der Waals surface area (Å²) in [5.74, 6) is 1.13. The molecule has 0 amide bonds. The number of nitrogens with zero attached hydrogens (tertiary/aromatic N) is 4. The van der Waals surface area contributed by atoms with Crippen molar-refractivity contribution >= 4 is 11.5 Å². The highest BCUT2D eigenvalue weighted by molar-refractivity contribution is 5.67. The zero-order chi connectivity index (χ0) is 15.2. The van der Waals surface area contributed by atoms with Crippen molar-refractivity contribution in [2.75, 3.05) is 17.2 Å². The lowest BCUT2D eigenvalue weighted by molar-refractivity contribution is 0.234. The lowest BCUT2D eigenvalue weighted by Crippen LogP contribution is -2.25. The zero-order valence-electron chi connectivity index (χ0n) is 12.7. The Labute approximate surface area is 125 Å². The fraction of sp³-hybridized carbons (Fsp3) is 0.400. The number of hydrogen-bond donors (Lipinski definition) is 1.